The van der Waals surface area contributed by atoms with Gasteiger partial charge in [-0.2, -0.15) is 8.42 Å². The summed E-state index contributed by atoms with van der Waals surface area (Å²) in [4.78, 5) is 26.0. The quantitative estimate of drug-likeness (QED) is 0.451. The second-order valence-electron chi connectivity index (χ2n) is 7.06. The molecule has 0 amide bonds. The summed E-state index contributed by atoms with van der Waals surface area (Å²) in [6.07, 6.45) is 2.72. The van der Waals surface area contributed by atoms with Gasteiger partial charge in [0.05, 0.1) is 16.1 Å². The summed E-state index contributed by atoms with van der Waals surface area (Å²) in [6.45, 7) is 3.88. The molecule has 3 rings (SSSR count). The van der Waals surface area contributed by atoms with Crippen LogP contribution in [-0.2, 0) is 14.9 Å². The fraction of sp³-hybridized carbons (Fsp3) is 0.600. The Balaban J connectivity index is 1.81. The molecule has 0 N–H and O–H groups in total. The Labute approximate surface area is 139 Å². The molecule has 1 aromatic heterocycles. The van der Waals surface area contributed by atoms with E-state index in [1.54, 1.807) is 0 Å². The molecule has 0 aromatic carbocycles. The first-order valence-corrected chi connectivity index (χ1v) is 9.21. The SMILES string of the molecule is CC1(C)C2CCC1(CS(=O)(=O)Oc1ccc([N+](=O)[O-])cn1)C(=O)C2. The third kappa shape index (κ3) is 2.47. The van der Waals surface area contributed by atoms with Gasteiger partial charge in [-0.1, -0.05) is 13.8 Å². The molecule has 9 heteroatoms. The first kappa shape index (κ1) is 16.8. The van der Waals surface area contributed by atoms with Gasteiger partial charge >= 0.3 is 10.1 Å². The monoisotopic (exact) mass is 354 g/mol. The van der Waals surface area contributed by atoms with Gasteiger partial charge in [-0.15, -0.1) is 0 Å². The number of carbonyl (C=O) groups excluding carboxylic acids is 1. The number of pyridine rings is 1. The van der Waals surface area contributed by atoms with E-state index in [2.05, 4.69) is 4.98 Å². The smallest absolute Gasteiger partial charge is 0.311 e. The van der Waals surface area contributed by atoms with E-state index in [9.17, 15) is 23.3 Å². The van der Waals surface area contributed by atoms with Gasteiger partial charge in [-0.3, -0.25) is 14.9 Å². The molecule has 2 fully saturated rings. The lowest BCUT2D eigenvalue weighted by atomic mass is 9.70. The van der Waals surface area contributed by atoms with Crippen LogP contribution in [0.1, 0.15) is 33.1 Å². The standard InChI is InChI=1S/C15H18N2O6S/c1-14(2)10-5-6-15(14,12(18)7-10)9-24(21,22)23-13-4-3-11(8-16-13)17(19)20/h3-4,8,10H,5-7,9H2,1-2H3. The number of aromatic nitrogens is 1. The first-order chi connectivity index (χ1) is 11.1. The maximum Gasteiger partial charge on any atom is 0.311 e. The molecular formula is C15H18N2O6S. The van der Waals surface area contributed by atoms with E-state index in [4.69, 9.17) is 4.18 Å². The summed E-state index contributed by atoms with van der Waals surface area (Å²) in [5.41, 5.74) is -1.56. The lowest BCUT2D eigenvalue weighted by Crippen LogP contribution is -2.43. The molecule has 2 aliphatic carbocycles. The largest absolute Gasteiger partial charge is 0.362 e. The summed E-state index contributed by atoms with van der Waals surface area (Å²) < 4.78 is 29.9. The van der Waals surface area contributed by atoms with Crippen LogP contribution in [0.4, 0.5) is 5.69 Å². The Kier molecular flexibility index (Phi) is 3.67. The van der Waals surface area contributed by atoms with Crippen LogP contribution >= 0.6 is 0 Å². The predicted molar refractivity (Wildman–Crippen MR) is 83.9 cm³/mol. The first-order valence-electron chi connectivity index (χ1n) is 7.63. The number of fused-ring (bicyclic) bond motifs is 2. The van der Waals surface area contributed by atoms with Crippen molar-refractivity contribution in [2.24, 2.45) is 16.7 Å². The van der Waals surface area contributed by atoms with Crippen molar-refractivity contribution in [2.75, 3.05) is 5.75 Å². The van der Waals surface area contributed by atoms with E-state index >= 15 is 0 Å². The zero-order valence-corrected chi connectivity index (χ0v) is 14.2. The fourth-order valence-electron chi connectivity index (χ4n) is 4.10. The number of nitrogens with zero attached hydrogens (tertiary/aromatic N) is 2. The second kappa shape index (κ2) is 5.23. The third-order valence-corrected chi connectivity index (χ3v) is 6.98. The van der Waals surface area contributed by atoms with Crippen molar-refractivity contribution < 1.29 is 22.3 Å². The summed E-state index contributed by atoms with van der Waals surface area (Å²) >= 11 is 0. The molecule has 130 valence electrons. The summed E-state index contributed by atoms with van der Waals surface area (Å²) in [5.74, 6) is -0.443. The van der Waals surface area contributed by atoms with Crippen LogP contribution in [0.15, 0.2) is 18.3 Å². The topological polar surface area (TPSA) is 116 Å². The highest BCUT2D eigenvalue weighted by atomic mass is 32.2. The van der Waals surface area contributed by atoms with Gasteiger partial charge in [0.2, 0.25) is 5.88 Å². The molecular weight excluding hydrogens is 336 g/mol. The molecule has 0 saturated heterocycles. The minimum absolute atomic E-state index is 0.0208. The van der Waals surface area contributed by atoms with Gasteiger partial charge in [0.1, 0.15) is 12.0 Å². The zero-order valence-electron chi connectivity index (χ0n) is 13.4. The number of rotatable bonds is 5. The van der Waals surface area contributed by atoms with Crippen LogP contribution < -0.4 is 4.18 Å². The van der Waals surface area contributed by atoms with Crippen LogP contribution in [-0.4, -0.2) is 29.9 Å². The van der Waals surface area contributed by atoms with Gasteiger partial charge in [-0.05, 0) is 24.2 Å². The molecule has 2 bridgehead atoms. The van der Waals surface area contributed by atoms with Crippen molar-refractivity contribution >= 4 is 21.6 Å². The predicted octanol–water partition coefficient (Wildman–Crippen LogP) is 2.09. The number of hydrogen-bond acceptors (Lipinski definition) is 7. The lowest BCUT2D eigenvalue weighted by Gasteiger charge is -2.35. The average molecular weight is 354 g/mol. The van der Waals surface area contributed by atoms with Crippen LogP contribution in [0.25, 0.3) is 0 Å². The van der Waals surface area contributed by atoms with Crippen LogP contribution in [0.5, 0.6) is 5.88 Å². The Bertz CT molecular complexity index is 802. The molecule has 24 heavy (non-hydrogen) atoms. The average Bonchev–Trinajstić information content (AvgIpc) is 2.81. The summed E-state index contributed by atoms with van der Waals surface area (Å²) in [7, 11) is -4.05. The molecule has 2 atom stereocenters. The molecule has 0 aliphatic heterocycles. The Morgan fingerprint density at radius 1 is 1.42 bits per heavy atom. The summed E-state index contributed by atoms with van der Waals surface area (Å²) in [5, 5.41) is 10.6. The molecule has 1 heterocycles. The molecule has 1 aromatic rings. The molecule has 0 radical (unpaired) electrons. The van der Waals surface area contributed by atoms with Crippen molar-refractivity contribution in [1.29, 1.82) is 0 Å². The number of carbonyl (C=O) groups is 1. The lowest BCUT2D eigenvalue weighted by molar-refractivity contribution is -0.385. The second-order valence-corrected chi connectivity index (χ2v) is 8.63. The van der Waals surface area contributed by atoms with Gasteiger partial charge in [0.25, 0.3) is 5.69 Å². The third-order valence-electron chi connectivity index (χ3n) is 5.71. The van der Waals surface area contributed by atoms with Crippen molar-refractivity contribution in [3.63, 3.8) is 0 Å². The highest BCUT2D eigenvalue weighted by Crippen LogP contribution is 2.64. The number of hydrogen-bond donors (Lipinski definition) is 0. The van der Waals surface area contributed by atoms with Gasteiger partial charge in [-0.25, -0.2) is 4.98 Å². The minimum atomic E-state index is -4.05. The van der Waals surface area contributed by atoms with E-state index in [0.717, 1.165) is 24.8 Å². The van der Waals surface area contributed by atoms with Crippen molar-refractivity contribution in [3.05, 3.63) is 28.4 Å². The highest BCUT2D eigenvalue weighted by Gasteiger charge is 2.65. The molecule has 8 nitrogen and oxygen atoms in total. The maximum atomic E-state index is 12.4. The Morgan fingerprint density at radius 3 is 2.58 bits per heavy atom. The maximum absolute atomic E-state index is 12.4. The molecule has 0 spiro atoms. The van der Waals surface area contributed by atoms with E-state index < -0.39 is 20.5 Å². The Morgan fingerprint density at radius 2 is 2.12 bits per heavy atom. The molecule has 2 saturated carbocycles. The van der Waals surface area contributed by atoms with Gasteiger partial charge < -0.3 is 4.18 Å². The van der Waals surface area contributed by atoms with E-state index in [1.807, 2.05) is 13.8 Å². The van der Waals surface area contributed by atoms with Crippen molar-refractivity contribution in [1.82, 2.24) is 4.98 Å². The highest BCUT2D eigenvalue weighted by molar-refractivity contribution is 7.87. The number of Topliss-reactive ketones (excluding diaryl/α,β-unsaturated/α-hetero) is 1. The Hall–Kier alpha value is -2.03. The zero-order chi connectivity index (χ0) is 17.8. The summed E-state index contributed by atoms with van der Waals surface area (Å²) in [6, 6.07) is 2.25. The number of ketones is 1. The normalized spacial score (nSPS) is 28.1. The van der Waals surface area contributed by atoms with Crippen LogP contribution in [0.3, 0.4) is 0 Å². The van der Waals surface area contributed by atoms with E-state index in [0.29, 0.717) is 12.8 Å². The van der Waals surface area contributed by atoms with Gasteiger partial charge in [0.15, 0.2) is 0 Å². The van der Waals surface area contributed by atoms with Crippen molar-refractivity contribution in [2.45, 2.75) is 33.1 Å². The van der Waals surface area contributed by atoms with E-state index in [-0.39, 0.29) is 34.4 Å². The minimum Gasteiger partial charge on any atom is -0.362 e. The van der Waals surface area contributed by atoms with Crippen LogP contribution in [0, 0.1) is 26.9 Å². The molecule has 2 unspecified atom stereocenters. The van der Waals surface area contributed by atoms with E-state index in [1.165, 1.54) is 0 Å². The van der Waals surface area contributed by atoms with Crippen molar-refractivity contribution in [3.8, 4) is 5.88 Å². The van der Waals surface area contributed by atoms with Gasteiger partial charge in [0, 0.05) is 18.6 Å². The van der Waals surface area contributed by atoms with Crippen LogP contribution in [0.2, 0.25) is 0 Å². The fourth-order valence-corrected chi connectivity index (χ4v) is 5.80. The molecule has 2 aliphatic rings. The number of nitro groups is 1.